The zero-order valence-electron chi connectivity index (χ0n) is 12.0. The minimum Gasteiger partial charge on any atom is -0.240 e. The average molecular weight is 385 g/mol. The second-order valence-electron chi connectivity index (χ2n) is 5.50. The summed E-state index contributed by atoms with van der Waals surface area (Å²) >= 11 is 3.27. The molecule has 0 fully saturated rings. The molecule has 0 bridgehead atoms. The van der Waals surface area contributed by atoms with E-state index in [1.165, 1.54) is 25.4 Å². The maximum absolute atomic E-state index is 14.7. The largest absolute Gasteiger partial charge is 0.252 e. The van der Waals surface area contributed by atoms with E-state index in [1.54, 1.807) is 31.2 Å². The van der Waals surface area contributed by atoms with Crippen LogP contribution in [-0.2, 0) is 10.0 Å². The van der Waals surface area contributed by atoms with Crippen LogP contribution in [0.15, 0.2) is 52.8 Å². The van der Waals surface area contributed by atoms with Crippen LogP contribution in [0.3, 0.4) is 0 Å². The lowest BCUT2D eigenvalue weighted by molar-refractivity contribution is 0.325. The van der Waals surface area contributed by atoms with Gasteiger partial charge in [0.1, 0.15) is 10.9 Å². The first-order chi connectivity index (χ1) is 10.3. The van der Waals surface area contributed by atoms with Crippen LogP contribution in [-0.4, -0.2) is 28.3 Å². The number of fused-ring (bicyclic) bond motifs is 1. The molecule has 2 atom stereocenters. The second-order valence-corrected chi connectivity index (χ2v) is 8.64. The molecule has 4 nitrogen and oxygen atoms in total. The van der Waals surface area contributed by atoms with Gasteiger partial charge in [-0.15, -0.1) is 0 Å². The van der Waals surface area contributed by atoms with Crippen molar-refractivity contribution in [1.82, 2.24) is 8.96 Å². The Morgan fingerprint density at radius 3 is 2.86 bits per heavy atom. The minimum atomic E-state index is -4.03. The molecule has 0 radical (unpaired) electrons. The van der Waals surface area contributed by atoms with Gasteiger partial charge in [-0.25, -0.2) is 21.8 Å². The quantitative estimate of drug-likeness (QED) is 0.795. The van der Waals surface area contributed by atoms with E-state index in [0.29, 0.717) is 21.1 Å². The van der Waals surface area contributed by atoms with Crippen LogP contribution in [0.2, 0.25) is 0 Å². The van der Waals surface area contributed by atoms with Gasteiger partial charge in [0.15, 0.2) is 5.65 Å². The number of hydrogen-bond acceptors (Lipinski definition) is 3. The van der Waals surface area contributed by atoms with E-state index in [4.69, 9.17) is 0 Å². The van der Waals surface area contributed by atoms with Crippen molar-refractivity contribution in [2.45, 2.75) is 24.8 Å². The second kappa shape index (κ2) is 5.03. The molecule has 0 aliphatic heterocycles. The molecule has 0 amide bonds. The summed E-state index contributed by atoms with van der Waals surface area (Å²) in [6.45, 7) is 2.97. The van der Waals surface area contributed by atoms with E-state index in [9.17, 15) is 12.8 Å². The van der Waals surface area contributed by atoms with Gasteiger partial charge in [0, 0.05) is 22.3 Å². The fourth-order valence-corrected chi connectivity index (χ4v) is 5.42. The van der Waals surface area contributed by atoms with Crippen molar-refractivity contribution in [1.29, 1.82) is 0 Å². The number of pyridine rings is 1. The summed E-state index contributed by atoms with van der Waals surface area (Å²) in [5.74, 6) is 0. The van der Waals surface area contributed by atoms with Crippen molar-refractivity contribution in [3.05, 3.63) is 52.8 Å². The summed E-state index contributed by atoms with van der Waals surface area (Å²) in [5, 5.41) is 0.691. The molecular weight excluding hydrogens is 371 g/mol. The summed E-state index contributed by atoms with van der Waals surface area (Å²) in [7, 11) is -4.03. The van der Waals surface area contributed by atoms with Gasteiger partial charge in [0.2, 0.25) is 0 Å². The first-order valence-electron chi connectivity index (χ1n) is 6.65. The topological polar surface area (TPSA) is 52.0 Å². The smallest absolute Gasteiger partial charge is 0.240 e. The maximum Gasteiger partial charge on any atom is 0.252 e. The number of alkyl halides is 1. The minimum absolute atomic E-state index is 0.299. The lowest BCUT2D eigenvalue weighted by atomic mass is 9.94. The highest BCUT2D eigenvalue weighted by atomic mass is 79.9. The van der Waals surface area contributed by atoms with Gasteiger partial charge in [0.05, 0.1) is 0 Å². The van der Waals surface area contributed by atoms with Crippen molar-refractivity contribution in [3.8, 4) is 0 Å². The summed E-state index contributed by atoms with van der Waals surface area (Å²) in [4.78, 5) is 4.11. The highest BCUT2D eigenvalue weighted by Crippen LogP contribution is 2.39. The third kappa shape index (κ3) is 2.06. The van der Waals surface area contributed by atoms with Crippen LogP contribution < -0.4 is 0 Å². The van der Waals surface area contributed by atoms with E-state index in [0.717, 1.165) is 3.97 Å². The number of halogens is 2. The summed E-state index contributed by atoms with van der Waals surface area (Å²) in [5.41, 5.74) is 0.664. The maximum atomic E-state index is 14.7. The molecule has 0 saturated heterocycles. The molecule has 2 aromatic rings. The monoisotopic (exact) mass is 384 g/mol. The SMILES string of the molecule is CC1=CC(Br)=CC(C)(S(=O)(=O)n2ccc3cccnc32)C1F. The van der Waals surface area contributed by atoms with Gasteiger partial charge in [-0.1, -0.05) is 15.9 Å². The van der Waals surface area contributed by atoms with E-state index in [2.05, 4.69) is 20.9 Å². The number of aromatic nitrogens is 2. The van der Waals surface area contributed by atoms with Crippen LogP contribution in [0.1, 0.15) is 13.8 Å². The Kier molecular flexibility index (Phi) is 3.52. The number of hydrogen-bond donors (Lipinski definition) is 0. The van der Waals surface area contributed by atoms with E-state index >= 15 is 0 Å². The normalized spacial score (nSPS) is 25.9. The molecule has 2 unspecified atom stereocenters. The Labute approximate surface area is 136 Å². The van der Waals surface area contributed by atoms with Crippen LogP contribution in [0, 0.1) is 0 Å². The van der Waals surface area contributed by atoms with Crippen LogP contribution >= 0.6 is 15.9 Å². The van der Waals surface area contributed by atoms with Crippen molar-refractivity contribution in [3.63, 3.8) is 0 Å². The lowest BCUT2D eigenvalue weighted by Gasteiger charge is -2.33. The molecule has 1 aliphatic carbocycles. The van der Waals surface area contributed by atoms with Crippen LogP contribution in [0.4, 0.5) is 4.39 Å². The molecule has 22 heavy (non-hydrogen) atoms. The molecule has 116 valence electrons. The lowest BCUT2D eigenvalue weighted by Crippen LogP contribution is -2.47. The molecule has 3 rings (SSSR count). The van der Waals surface area contributed by atoms with Gasteiger partial charge in [-0.05, 0) is 49.8 Å². The van der Waals surface area contributed by atoms with Crippen LogP contribution in [0.25, 0.3) is 11.0 Å². The van der Waals surface area contributed by atoms with Crippen molar-refractivity contribution in [2.75, 3.05) is 0 Å². The van der Waals surface area contributed by atoms with Crippen molar-refractivity contribution >= 4 is 37.0 Å². The molecule has 1 aliphatic rings. The van der Waals surface area contributed by atoms with Crippen molar-refractivity contribution in [2.24, 2.45) is 0 Å². The van der Waals surface area contributed by atoms with Gasteiger partial charge < -0.3 is 0 Å². The third-order valence-corrected chi connectivity index (χ3v) is 6.63. The van der Waals surface area contributed by atoms with E-state index in [-0.39, 0.29) is 0 Å². The molecule has 2 heterocycles. The molecule has 7 heteroatoms. The summed E-state index contributed by atoms with van der Waals surface area (Å²) in [6.07, 6.45) is 4.30. The van der Waals surface area contributed by atoms with Crippen molar-refractivity contribution < 1.29 is 12.8 Å². The Bertz CT molecular complexity index is 917. The van der Waals surface area contributed by atoms with Gasteiger partial charge >= 0.3 is 0 Å². The van der Waals surface area contributed by atoms with E-state index in [1.807, 2.05) is 0 Å². The average Bonchev–Trinajstić information content (AvgIpc) is 2.89. The predicted octanol–water partition coefficient (Wildman–Crippen LogP) is 3.55. The number of nitrogens with zero attached hydrogens (tertiary/aromatic N) is 2. The number of rotatable bonds is 2. The first-order valence-corrected chi connectivity index (χ1v) is 8.88. The fraction of sp³-hybridized carbons (Fsp3) is 0.267. The fourth-order valence-electron chi connectivity index (χ4n) is 2.68. The van der Waals surface area contributed by atoms with Gasteiger partial charge in [-0.2, -0.15) is 0 Å². The Morgan fingerprint density at radius 1 is 1.41 bits per heavy atom. The van der Waals surface area contributed by atoms with E-state index < -0.39 is 20.9 Å². The molecule has 2 aromatic heterocycles. The highest BCUT2D eigenvalue weighted by Gasteiger charge is 2.49. The number of allylic oxidation sites excluding steroid dienone is 3. The zero-order valence-corrected chi connectivity index (χ0v) is 14.4. The first kappa shape index (κ1) is 15.4. The summed E-state index contributed by atoms with van der Waals surface area (Å²) in [6, 6.07) is 5.14. The Balaban J connectivity index is 2.24. The van der Waals surface area contributed by atoms with Gasteiger partial charge in [0.25, 0.3) is 10.0 Å². The Morgan fingerprint density at radius 2 is 2.14 bits per heavy atom. The summed E-state index contributed by atoms with van der Waals surface area (Å²) < 4.78 is 40.8. The predicted molar refractivity (Wildman–Crippen MR) is 88.1 cm³/mol. The standard InChI is InChI=1S/C15H14BrFN2O2S/c1-10-8-12(16)9-15(2,13(10)17)22(20,21)19-7-5-11-4-3-6-18-14(11)19/h3-9,13H,1-2H3. The molecule has 0 saturated carbocycles. The highest BCUT2D eigenvalue weighted by molar-refractivity contribution is 9.11. The molecular formula is C15H14BrFN2O2S. The zero-order chi connectivity index (χ0) is 16.1. The molecule has 0 aromatic carbocycles. The van der Waals surface area contributed by atoms with Gasteiger partial charge in [-0.3, -0.25) is 0 Å². The third-order valence-electron chi connectivity index (χ3n) is 3.92. The van der Waals surface area contributed by atoms with Crippen LogP contribution in [0.5, 0.6) is 0 Å². The molecule has 0 N–H and O–H groups in total. The molecule has 0 spiro atoms. The Hall–Kier alpha value is -1.47.